The van der Waals surface area contributed by atoms with Crippen molar-refractivity contribution >= 4 is 0 Å². The van der Waals surface area contributed by atoms with Gasteiger partial charge in [-0.05, 0) is 48.2 Å². The lowest BCUT2D eigenvalue weighted by Gasteiger charge is -2.30. The van der Waals surface area contributed by atoms with Crippen molar-refractivity contribution in [2.75, 3.05) is 27.4 Å². The van der Waals surface area contributed by atoms with Crippen molar-refractivity contribution in [2.24, 2.45) is 0 Å². The summed E-state index contributed by atoms with van der Waals surface area (Å²) in [5.74, 6) is 1.23. The van der Waals surface area contributed by atoms with E-state index in [0.717, 1.165) is 5.56 Å². The Labute approximate surface area is 208 Å². The third-order valence-electron chi connectivity index (χ3n) is 6.15. The first-order valence-electron chi connectivity index (χ1n) is 11.6. The fourth-order valence-corrected chi connectivity index (χ4v) is 4.04. The highest BCUT2D eigenvalue weighted by Crippen LogP contribution is 2.39. The topological polar surface area (TPSA) is 160 Å². The Morgan fingerprint density at radius 2 is 1.61 bits per heavy atom. The highest BCUT2D eigenvalue weighted by atomic mass is 16.8. The molecule has 2 aliphatic rings. The molecule has 7 atom stereocenters. The summed E-state index contributed by atoms with van der Waals surface area (Å²) >= 11 is 0. The van der Waals surface area contributed by atoms with Crippen LogP contribution in [0.5, 0.6) is 23.0 Å². The average Bonchev–Trinajstić information content (AvgIpc) is 3.68. The van der Waals surface area contributed by atoms with E-state index in [2.05, 4.69) is 0 Å². The van der Waals surface area contributed by atoms with Crippen molar-refractivity contribution in [3.8, 4) is 23.0 Å². The predicted molar refractivity (Wildman–Crippen MR) is 124 cm³/mol. The van der Waals surface area contributed by atoms with Crippen LogP contribution in [0.1, 0.15) is 23.7 Å². The van der Waals surface area contributed by atoms with Crippen LogP contribution in [0.3, 0.4) is 0 Å². The Balaban J connectivity index is 1.47. The Morgan fingerprint density at radius 1 is 0.889 bits per heavy atom. The van der Waals surface area contributed by atoms with Gasteiger partial charge in [0.2, 0.25) is 6.29 Å². The van der Waals surface area contributed by atoms with Gasteiger partial charge in [-0.1, -0.05) is 12.1 Å². The molecule has 0 aliphatic carbocycles. The van der Waals surface area contributed by atoms with Crippen molar-refractivity contribution < 1.29 is 54.0 Å². The van der Waals surface area contributed by atoms with Gasteiger partial charge in [0.15, 0.2) is 35.4 Å². The molecule has 0 amide bonds. The fourth-order valence-electron chi connectivity index (χ4n) is 4.04. The number of aliphatic hydroxyl groups is 5. The molecule has 2 fully saturated rings. The third-order valence-corrected chi connectivity index (χ3v) is 6.15. The Bertz CT molecular complexity index is 1020. The SMILES string of the molecule is COc1cc(CCCO)ccc1OC(CO)C(O)c1ccc(OC2OC3OC3C(O)C2O)c(OC)c1. The number of ether oxygens (including phenoxy) is 6. The zero-order chi connectivity index (χ0) is 25.8. The summed E-state index contributed by atoms with van der Waals surface area (Å²) in [5.41, 5.74) is 1.34. The van der Waals surface area contributed by atoms with Crippen LogP contribution in [0.25, 0.3) is 0 Å². The monoisotopic (exact) mass is 508 g/mol. The average molecular weight is 509 g/mol. The summed E-state index contributed by atoms with van der Waals surface area (Å²) < 4.78 is 33.0. The highest BCUT2D eigenvalue weighted by Gasteiger charge is 2.57. The summed E-state index contributed by atoms with van der Waals surface area (Å²) in [4.78, 5) is 0. The van der Waals surface area contributed by atoms with Gasteiger partial charge in [0.1, 0.15) is 24.4 Å². The summed E-state index contributed by atoms with van der Waals surface area (Å²) in [5, 5.41) is 50.2. The molecular weight excluding hydrogens is 476 g/mol. The molecule has 0 radical (unpaired) electrons. The van der Waals surface area contributed by atoms with E-state index >= 15 is 0 Å². The Kier molecular flexibility index (Phi) is 8.52. The highest BCUT2D eigenvalue weighted by molar-refractivity contribution is 5.45. The lowest BCUT2D eigenvalue weighted by atomic mass is 10.0. The molecule has 0 aromatic heterocycles. The normalized spacial score (nSPS) is 26.5. The van der Waals surface area contributed by atoms with Crippen LogP contribution >= 0.6 is 0 Å². The van der Waals surface area contributed by atoms with Gasteiger partial charge in [0.05, 0.1) is 20.8 Å². The molecule has 2 aromatic rings. The molecule has 4 rings (SSSR count). The van der Waals surface area contributed by atoms with Crippen molar-refractivity contribution in [1.82, 2.24) is 0 Å². The second-order valence-corrected chi connectivity index (χ2v) is 8.58. The van der Waals surface area contributed by atoms with Gasteiger partial charge in [-0.15, -0.1) is 0 Å². The number of hydrogen-bond acceptors (Lipinski definition) is 11. The Morgan fingerprint density at radius 3 is 2.31 bits per heavy atom. The van der Waals surface area contributed by atoms with Crippen LogP contribution < -0.4 is 18.9 Å². The Hall–Kier alpha value is -2.64. The minimum Gasteiger partial charge on any atom is -0.493 e. The van der Waals surface area contributed by atoms with E-state index in [4.69, 9.17) is 33.5 Å². The largest absolute Gasteiger partial charge is 0.493 e. The van der Waals surface area contributed by atoms with E-state index in [-0.39, 0.29) is 18.1 Å². The molecule has 2 aliphatic heterocycles. The molecular formula is C25H32O11. The summed E-state index contributed by atoms with van der Waals surface area (Å²) in [7, 11) is 2.90. The van der Waals surface area contributed by atoms with Crippen LogP contribution in [-0.4, -0.2) is 90.0 Å². The first kappa shape index (κ1) is 26.4. The fraction of sp³-hybridized carbons (Fsp3) is 0.520. The molecule has 0 saturated carbocycles. The molecule has 198 valence electrons. The maximum absolute atomic E-state index is 11.0. The first-order valence-corrected chi connectivity index (χ1v) is 11.6. The van der Waals surface area contributed by atoms with Crippen molar-refractivity contribution in [3.63, 3.8) is 0 Å². The number of rotatable bonds is 12. The molecule has 2 saturated heterocycles. The molecule has 11 heteroatoms. The molecule has 5 N–H and O–H groups in total. The molecule has 0 spiro atoms. The smallest absolute Gasteiger partial charge is 0.231 e. The third kappa shape index (κ3) is 5.68. The maximum Gasteiger partial charge on any atom is 0.231 e. The zero-order valence-corrected chi connectivity index (χ0v) is 20.0. The first-order chi connectivity index (χ1) is 17.4. The van der Waals surface area contributed by atoms with E-state index in [1.807, 2.05) is 6.07 Å². The van der Waals surface area contributed by atoms with E-state index in [1.165, 1.54) is 26.4 Å². The molecule has 2 heterocycles. The van der Waals surface area contributed by atoms with Crippen LogP contribution in [0, 0.1) is 0 Å². The minimum absolute atomic E-state index is 0.0816. The number of aliphatic hydroxyl groups excluding tert-OH is 5. The second kappa shape index (κ2) is 11.6. The van der Waals surface area contributed by atoms with Gasteiger partial charge in [-0.2, -0.15) is 0 Å². The molecule has 36 heavy (non-hydrogen) atoms. The van der Waals surface area contributed by atoms with Gasteiger partial charge < -0.3 is 54.0 Å². The van der Waals surface area contributed by atoms with Gasteiger partial charge in [-0.3, -0.25) is 0 Å². The number of aryl methyl sites for hydroxylation is 1. The van der Waals surface area contributed by atoms with Crippen LogP contribution in [0.2, 0.25) is 0 Å². The number of epoxide rings is 1. The summed E-state index contributed by atoms with van der Waals surface area (Å²) in [6.45, 7) is -0.405. The van der Waals surface area contributed by atoms with Gasteiger partial charge in [-0.25, -0.2) is 0 Å². The van der Waals surface area contributed by atoms with Gasteiger partial charge in [0.25, 0.3) is 0 Å². The zero-order valence-electron chi connectivity index (χ0n) is 20.0. The van der Waals surface area contributed by atoms with Crippen LogP contribution in [0.4, 0.5) is 0 Å². The molecule has 11 nitrogen and oxygen atoms in total. The quantitative estimate of drug-likeness (QED) is 0.251. The van der Waals surface area contributed by atoms with Crippen LogP contribution in [0.15, 0.2) is 36.4 Å². The number of methoxy groups -OCH3 is 2. The van der Waals surface area contributed by atoms with Crippen molar-refractivity contribution in [2.45, 2.75) is 55.9 Å². The molecule has 2 aromatic carbocycles. The summed E-state index contributed by atoms with van der Waals surface area (Å²) in [6, 6.07) is 9.90. The summed E-state index contributed by atoms with van der Waals surface area (Å²) in [6.07, 6.45) is -5.81. The minimum atomic E-state index is -1.32. The van der Waals surface area contributed by atoms with Crippen LogP contribution in [-0.2, 0) is 15.9 Å². The number of hydrogen-bond donors (Lipinski definition) is 5. The molecule has 7 unspecified atom stereocenters. The number of benzene rings is 2. The van der Waals surface area contributed by atoms with E-state index < -0.39 is 49.7 Å². The maximum atomic E-state index is 11.0. The van der Waals surface area contributed by atoms with Gasteiger partial charge >= 0.3 is 0 Å². The van der Waals surface area contributed by atoms with Crippen molar-refractivity contribution in [3.05, 3.63) is 47.5 Å². The standard InChI is InChI=1S/C25H32O11/c1-31-17-10-13(4-3-9-26)5-7-15(17)33-19(12-27)20(28)14-6-8-16(18(11-14)32-2)34-24-22(30)21(29)23-25(35-23)36-24/h5-8,10-11,19-30H,3-4,9,12H2,1-2H3. The lowest BCUT2D eigenvalue weighted by Crippen LogP contribution is -2.50. The second-order valence-electron chi connectivity index (χ2n) is 8.58. The predicted octanol–water partition coefficient (Wildman–Crippen LogP) is 0.284. The van der Waals surface area contributed by atoms with Gasteiger partial charge in [0, 0.05) is 6.61 Å². The molecule has 0 bridgehead atoms. The van der Waals surface area contributed by atoms with E-state index in [0.29, 0.717) is 29.9 Å². The van der Waals surface area contributed by atoms with E-state index in [1.54, 1.807) is 18.2 Å². The number of fused-ring (bicyclic) bond motifs is 1. The van der Waals surface area contributed by atoms with Crippen molar-refractivity contribution in [1.29, 1.82) is 0 Å². The van der Waals surface area contributed by atoms with E-state index in [9.17, 15) is 20.4 Å². The lowest BCUT2D eigenvalue weighted by molar-refractivity contribution is -0.207.